The number of benzene rings is 2. The summed E-state index contributed by atoms with van der Waals surface area (Å²) in [6.07, 6.45) is 3.76. The number of thioether (sulfide) groups is 1. The molecule has 0 N–H and O–H groups in total. The van der Waals surface area contributed by atoms with Gasteiger partial charge in [0.25, 0.3) is 5.22 Å². The maximum absolute atomic E-state index is 5.86. The quantitative estimate of drug-likeness (QED) is 0.604. The maximum Gasteiger partial charge on any atom is 0.277 e. The highest BCUT2D eigenvalue weighted by Gasteiger charge is 2.04. The lowest BCUT2D eigenvalue weighted by molar-refractivity contribution is 0.446. The van der Waals surface area contributed by atoms with E-state index in [0.717, 1.165) is 21.9 Å². The summed E-state index contributed by atoms with van der Waals surface area (Å²) in [5.41, 5.74) is 2.25. The van der Waals surface area contributed by atoms with Crippen molar-refractivity contribution in [2.45, 2.75) is 11.0 Å². The molecule has 0 bridgehead atoms. The van der Waals surface area contributed by atoms with Crippen LogP contribution in [0.25, 0.3) is 12.2 Å². The monoisotopic (exact) mass is 328 g/mol. The zero-order chi connectivity index (χ0) is 15.2. The Morgan fingerprint density at radius 2 is 1.73 bits per heavy atom. The van der Waals surface area contributed by atoms with Crippen molar-refractivity contribution in [1.82, 2.24) is 10.2 Å². The third-order valence-corrected chi connectivity index (χ3v) is 4.06. The van der Waals surface area contributed by atoms with Crippen LogP contribution in [0.3, 0.4) is 0 Å². The van der Waals surface area contributed by atoms with Crippen LogP contribution >= 0.6 is 23.4 Å². The summed E-state index contributed by atoms with van der Waals surface area (Å²) in [7, 11) is 0. The SMILES string of the molecule is Clc1ccc(CSc2nnc(/C=C/c3ccccc3)o2)cc1. The zero-order valence-electron chi connectivity index (χ0n) is 11.6. The Morgan fingerprint density at radius 1 is 0.955 bits per heavy atom. The minimum atomic E-state index is 0.502. The molecule has 2 aromatic carbocycles. The Kier molecular flexibility index (Phi) is 4.93. The van der Waals surface area contributed by atoms with Gasteiger partial charge in [0.05, 0.1) is 0 Å². The van der Waals surface area contributed by atoms with Gasteiger partial charge in [0, 0.05) is 16.9 Å². The summed E-state index contributed by atoms with van der Waals surface area (Å²) in [4.78, 5) is 0. The largest absolute Gasteiger partial charge is 0.412 e. The first-order chi connectivity index (χ1) is 10.8. The van der Waals surface area contributed by atoms with Crippen LogP contribution in [0, 0.1) is 0 Å². The molecule has 1 aromatic heterocycles. The average molecular weight is 329 g/mol. The van der Waals surface area contributed by atoms with E-state index in [9.17, 15) is 0 Å². The summed E-state index contributed by atoms with van der Waals surface area (Å²) >= 11 is 7.37. The molecule has 22 heavy (non-hydrogen) atoms. The van der Waals surface area contributed by atoms with E-state index < -0.39 is 0 Å². The van der Waals surface area contributed by atoms with Gasteiger partial charge >= 0.3 is 0 Å². The maximum atomic E-state index is 5.86. The average Bonchev–Trinajstić information content (AvgIpc) is 3.01. The number of aromatic nitrogens is 2. The van der Waals surface area contributed by atoms with Gasteiger partial charge in [-0.3, -0.25) is 0 Å². The van der Waals surface area contributed by atoms with Gasteiger partial charge in [0.1, 0.15) is 0 Å². The molecule has 0 radical (unpaired) electrons. The highest BCUT2D eigenvalue weighted by Crippen LogP contribution is 2.22. The molecule has 0 saturated carbocycles. The van der Waals surface area contributed by atoms with Crippen LogP contribution in [0.2, 0.25) is 5.02 Å². The van der Waals surface area contributed by atoms with Crippen LogP contribution in [0.15, 0.2) is 64.2 Å². The topological polar surface area (TPSA) is 38.9 Å². The lowest BCUT2D eigenvalue weighted by atomic mass is 10.2. The molecule has 0 atom stereocenters. The normalized spacial score (nSPS) is 11.1. The Balaban J connectivity index is 1.59. The van der Waals surface area contributed by atoms with Gasteiger partial charge in [-0.1, -0.05) is 65.8 Å². The van der Waals surface area contributed by atoms with Crippen molar-refractivity contribution in [2.24, 2.45) is 0 Å². The van der Waals surface area contributed by atoms with Gasteiger partial charge in [-0.2, -0.15) is 0 Å². The number of rotatable bonds is 5. The van der Waals surface area contributed by atoms with E-state index in [-0.39, 0.29) is 0 Å². The summed E-state index contributed by atoms with van der Waals surface area (Å²) in [5, 5.41) is 9.34. The van der Waals surface area contributed by atoms with Gasteiger partial charge in [-0.15, -0.1) is 10.2 Å². The molecule has 3 aromatic rings. The third kappa shape index (κ3) is 4.23. The van der Waals surface area contributed by atoms with Gasteiger partial charge in [-0.25, -0.2) is 0 Å². The molecule has 0 amide bonds. The minimum Gasteiger partial charge on any atom is -0.412 e. The number of hydrogen-bond acceptors (Lipinski definition) is 4. The van der Waals surface area contributed by atoms with Crippen LogP contribution in [0.1, 0.15) is 17.0 Å². The predicted octanol–water partition coefficient (Wildman–Crippen LogP) is 5.19. The molecule has 0 aliphatic rings. The number of hydrogen-bond donors (Lipinski definition) is 0. The number of halogens is 1. The van der Waals surface area contributed by atoms with Crippen LogP contribution in [0.4, 0.5) is 0 Å². The van der Waals surface area contributed by atoms with Gasteiger partial charge < -0.3 is 4.42 Å². The second-order valence-corrected chi connectivity index (χ2v) is 5.93. The molecule has 0 spiro atoms. The summed E-state index contributed by atoms with van der Waals surface area (Å²) in [6.45, 7) is 0. The first kappa shape index (κ1) is 14.9. The minimum absolute atomic E-state index is 0.502. The molecule has 110 valence electrons. The van der Waals surface area contributed by atoms with E-state index in [1.807, 2.05) is 66.7 Å². The van der Waals surface area contributed by atoms with Crippen molar-refractivity contribution >= 4 is 35.5 Å². The van der Waals surface area contributed by atoms with E-state index in [1.54, 1.807) is 0 Å². The van der Waals surface area contributed by atoms with Crippen molar-refractivity contribution in [1.29, 1.82) is 0 Å². The van der Waals surface area contributed by atoms with Gasteiger partial charge in [-0.05, 0) is 29.3 Å². The molecule has 5 heteroatoms. The second kappa shape index (κ2) is 7.29. The van der Waals surface area contributed by atoms with E-state index >= 15 is 0 Å². The zero-order valence-corrected chi connectivity index (χ0v) is 13.2. The van der Waals surface area contributed by atoms with Gasteiger partial charge in [0.15, 0.2) is 0 Å². The van der Waals surface area contributed by atoms with E-state index in [2.05, 4.69) is 10.2 Å². The van der Waals surface area contributed by atoms with Gasteiger partial charge in [0.2, 0.25) is 5.89 Å². The van der Waals surface area contributed by atoms with Crippen molar-refractivity contribution in [3.8, 4) is 0 Å². The third-order valence-electron chi connectivity index (χ3n) is 2.92. The highest BCUT2D eigenvalue weighted by atomic mass is 35.5. The van der Waals surface area contributed by atoms with Crippen molar-refractivity contribution in [3.05, 3.63) is 76.6 Å². The molecule has 0 fully saturated rings. The fraction of sp³-hybridized carbons (Fsp3) is 0.0588. The van der Waals surface area contributed by atoms with Crippen molar-refractivity contribution in [2.75, 3.05) is 0 Å². The first-order valence-electron chi connectivity index (χ1n) is 6.73. The van der Waals surface area contributed by atoms with Crippen molar-refractivity contribution < 1.29 is 4.42 Å². The molecular formula is C17H13ClN2OS. The Morgan fingerprint density at radius 3 is 2.50 bits per heavy atom. The predicted molar refractivity (Wildman–Crippen MR) is 90.7 cm³/mol. The molecular weight excluding hydrogens is 316 g/mol. The first-order valence-corrected chi connectivity index (χ1v) is 8.10. The summed E-state index contributed by atoms with van der Waals surface area (Å²) < 4.78 is 5.58. The van der Waals surface area contributed by atoms with Crippen molar-refractivity contribution in [3.63, 3.8) is 0 Å². The molecule has 0 aliphatic carbocycles. The standard InChI is InChI=1S/C17H13ClN2OS/c18-15-9-6-14(7-10-15)12-22-17-20-19-16(21-17)11-8-13-4-2-1-3-5-13/h1-11H,12H2/b11-8+. The molecule has 1 heterocycles. The molecule has 0 aliphatic heterocycles. The molecule has 0 saturated heterocycles. The Bertz CT molecular complexity index is 754. The summed E-state index contributed by atoms with van der Waals surface area (Å²) in [6, 6.07) is 17.7. The lowest BCUT2D eigenvalue weighted by Crippen LogP contribution is -1.79. The Hall–Kier alpha value is -2.04. The molecule has 3 nitrogen and oxygen atoms in total. The van der Waals surface area contributed by atoms with Crippen LogP contribution in [-0.4, -0.2) is 10.2 Å². The fourth-order valence-electron chi connectivity index (χ4n) is 1.80. The second-order valence-electron chi connectivity index (χ2n) is 4.57. The molecule has 3 rings (SSSR count). The lowest BCUT2D eigenvalue weighted by Gasteiger charge is -1.97. The van der Waals surface area contributed by atoms with Crippen LogP contribution in [0.5, 0.6) is 0 Å². The van der Waals surface area contributed by atoms with Crippen LogP contribution < -0.4 is 0 Å². The smallest absolute Gasteiger partial charge is 0.277 e. The summed E-state index contributed by atoms with van der Waals surface area (Å²) in [5.74, 6) is 1.27. The fourth-order valence-corrected chi connectivity index (χ4v) is 2.65. The Labute approximate surface area is 138 Å². The molecule has 0 unspecified atom stereocenters. The van der Waals surface area contributed by atoms with E-state index in [4.69, 9.17) is 16.0 Å². The van der Waals surface area contributed by atoms with Crippen LogP contribution in [-0.2, 0) is 5.75 Å². The highest BCUT2D eigenvalue weighted by molar-refractivity contribution is 7.98. The van der Waals surface area contributed by atoms with E-state index in [1.165, 1.54) is 11.8 Å². The van der Waals surface area contributed by atoms with E-state index in [0.29, 0.717) is 11.1 Å². The number of nitrogens with zero attached hydrogens (tertiary/aromatic N) is 2.